The van der Waals surface area contributed by atoms with Gasteiger partial charge in [-0.25, -0.2) is 0 Å². The van der Waals surface area contributed by atoms with Crippen molar-refractivity contribution in [3.05, 3.63) is 23.2 Å². The van der Waals surface area contributed by atoms with E-state index in [1.165, 1.54) is 18.4 Å². The van der Waals surface area contributed by atoms with Gasteiger partial charge in [-0.1, -0.05) is 0 Å². The van der Waals surface area contributed by atoms with E-state index in [1.54, 1.807) is 0 Å². The molecule has 1 aromatic heterocycles. The van der Waals surface area contributed by atoms with Crippen LogP contribution in [0, 0.1) is 13.8 Å². The molecule has 1 atom stereocenters. The summed E-state index contributed by atoms with van der Waals surface area (Å²) in [7, 11) is 2.22. The third-order valence-corrected chi connectivity index (χ3v) is 3.63. The molecule has 0 spiro atoms. The van der Waals surface area contributed by atoms with Gasteiger partial charge >= 0.3 is 0 Å². The molecule has 3 heteroatoms. The molecule has 96 valence electrons. The Balaban J connectivity index is 1.76. The molecule has 0 bridgehead atoms. The van der Waals surface area contributed by atoms with Crippen molar-refractivity contribution in [1.29, 1.82) is 0 Å². The average molecular weight is 236 g/mol. The fourth-order valence-corrected chi connectivity index (χ4v) is 2.35. The molecule has 17 heavy (non-hydrogen) atoms. The van der Waals surface area contributed by atoms with Crippen molar-refractivity contribution in [1.82, 2.24) is 10.2 Å². The van der Waals surface area contributed by atoms with Gasteiger partial charge in [-0.2, -0.15) is 0 Å². The maximum atomic E-state index is 5.56. The van der Waals surface area contributed by atoms with Crippen molar-refractivity contribution in [2.45, 2.75) is 45.7 Å². The van der Waals surface area contributed by atoms with Crippen LogP contribution in [0.3, 0.4) is 0 Å². The second kappa shape index (κ2) is 5.23. The summed E-state index contributed by atoms with van der Waals surface area (Å²) in [6, 6.07) is 3.36. The van der Waals surface area contributed by atoms with Crippen LogP contribution in [0.15, 0.2) is 10.5 Å². The van der Waals surface area contributed by atoms with Gasteiger partial charge in [0.25, 0.3) is 0 Å². The summed E-state index contributed by atoms with van der Waals surface area (Å²) < 4.78 is 5.56. The topological polar surface area (TPSA) is 28.4 Å². The van der Waals surface area contributed by atoms with E-state index in [-0.39, 0.29) is 0 Å². The predicted octanol–water partition coefficient (Wildman–Crippen LogP) is 2.64. The highest BCUT2D eigenvalue weighted by molar-refractivity contribution is 5.23. The minimum Gasteiger partial charge on any atom is -0.466 e. The van der Waals surface area contributed by atoms with Gasteiger partial charge in [0.2, 0.25) is 0 Å². The molecule has 1 aromatic rings. The molecule has 1 saturated carbocycles. The molecule has 3 nitrogen and oxygen atoms in total. The van der Waals surface area contributed by atoms with Crippen LogP contribution in [-0.4, -0.2) is 31.1 Å². The zero-order valence-electron chi connectivity index (χ0n) is 11.4. The van der Waals surface area contributed by atoms with E-state index in [4.69, 9.17) is 4.42 Å². The number of nitrogens with one attached hydrogen (secondary N) is 1. The van der Waals surface area contributed by atoms with Crippen molar-refractivity contribution in [3.63, 3.8) is 0 Å². The molecule has 1 aliphatic rings. The largest absolute Gasteiger partial charge is 0.466 e. The lowest BCUT2D eigenvalue weighted by Gasteiger charge is -2.18. The van der Waals surface area contributed by atoms with E-state index in [1.807, 2.05) is 13.8 Å². The third-order valence-electron chi connectivity index (χ3n) is 3.63. The molecule has 1 heterocycles. The first-order chi connectivity index (χ1) is 8.08. The zero-order chi connectivity index (χ0) is 12.4. The van der Waals surface area contributed by atoms with Crippen LogP contribution in [-0.2, 0) is 0 Å². The van der Waals surface area contributed by atoms with E-state index in [0.29, 0.717) is 6.04 Å². The summed E-state index contributed by atoms with van der Waals surface area (Å²) in [6.45, 7) is 8.41. The Morgan fingerprint density at radius 2 is 2.18 bits per heavy atom. The van der Waals surface area contributed by atoms with Gasteiger partial charge in [0, 0.05) is 30.7 Å². The second-order valence-electron chi connectivity index (χ2n) is 5.26. The summed E-state index contributed by atoms with van der Waals surface area (Å²) in [4.78, 5) is 2.45. The Labute approximate surface area is 104 Å². The zero-order valence-corrected chi connectivity index (χ0v) is 11.4. The third kappa shape index (κ3) is 3.33. The lowest BCUT2D eigenvalue weighted by Crippen LogP contribution is -2.32. The number of furan rings is 1. The van der Waals surface area contributed by atoms with Gasteiger partial charge in [-0.05, 0) is 46.7 Å². The molecule has 0 radical (unpaired) electrons. The molecule has 0 aromatic carbocycles. The molecule has 1 fully saturated rings. The molecule has 0 saturated heterocycles. The minimum absolute atomic E-state index is 0.375. The summed E-state index contributed by atoms with van der Waals surface area (Å²) in [6.07, 6.45) is 2.76. The predicted molar refractivity (Wildman–Crippen MR) is 70.3 cm³/mol. The summed E-state index contributed by atoms with van der Waals surface area (Å²) in [5, 5.41) is 3.56. The Morgan fingerprint density at radius 1 is 1.47 bits per heavy atom. The normalized spacial score (nSPS) is 17.7. The van der Waals surface area contributed by atoms with Crippen LogP contribution in [0.1, 0.15) is 42.9 Å². The highest BCUT2D eigenvalue weighted by atomic mass is 16.3. The van der Waals surface area contributed by atoms with E-state index < -0.39 is 0 Å². The van der Waals surface area contributed by atoms with Crippen molar-refractivity contribution < 1.29 is 4.42 Å². The monoisotopic (exact) mass is 236 g/mol. The van der Waals surface area contributed by atoms with Crippen molar-refractivity contribution in [3.8, 4) is 0 Å². The van der Waals surface area contributed by atoms with Gasteiger partial charge in [0.05, 0.1) is 0 Å². The van der Waals surface area contributed by atoms with Gasteiger partial charge in [-0.3, -0.25) is 0 Å². The van der Waals surface area contributed by atoms with E-state index in [2.05, 4.69) is 30.3 Å². The molecule has 1 N–H and O–H groups in total. The van der Waals surface area contributed by atoms with Crippen molar-refractivity contribution >= 4 is 0 Å². The summed E-state index contributed by atoms with van der Waals surface area (Å²) in [5.41, 5.74) is 1.29. The number of likely N-dealkylation sites (N-methyl/N-ethyl adjacent to an activating group) is 1. The van der Waals surface area contributed by atoms with Crippen LogP contribution in [0.5, 0.6) is 0 Å². The Morgan fingerprint density at radius 3 is 2.71 bits per heavy atom. The van der Waals surface area contributed by atoms with Crippen LogP contribution >= 0.6 is 0 Å². The van der Waals surface area contributed by atoms with Gasteiger partial charge in [0.15, 0.2) is 0 Å². The van der Waals surface area contributed by atoms with Crippen LogP contribution in [0.2, 0.25) is 0 Å². The van der Waals surface area contributed by atoms with Crippen LogP contribution in [0.25, 0.3) is 0 Å². The molecule has 1 unspecified atom stereocenters. The quantitative estimate of drug-likeness (QED) is 0.823. The SMILES string of the molecule is Cc1cc(C(C)NCCN(C)C2CC2)c(C)o1. The average Bonchev–Trinajstić information content (AvgIpc) is 3.04. The van der Waals surface area contributed by atoms with Crippen LogP contribution < -0.4 is 5.32 Å². The highest BCUT2D eigenvalue weighted by Crippen LogP contribution is 2.25. The first-order valence-corrected chi connectivity index (χ1v) is 6.58. The highest BCUT2D eigenvalue weighted by Gasteiger charge is 2.25. The molecule has 1 aliphatic carbocycles. The Kier molecular flexibility index (Phi) is 3.89. The van der Waals surface area contributed by atoms with Gasteiger partial charge in [-0.15, -0.1) is 0 Å². The lowest BCUT2D eigenvalue weighted by molar-refractivity contribution is 0.316. The summed E-state index contributed by atoms with van der Waals surface area (Å²) >= 11 is 0. The molecular formula is C14H24N2O. The number of hydrogen-bond donors (Lipinski definition) is 1. The second-order valence-corrected chi connectivity index (χ2v) is 5.26. The molecule has 0 amide bonds. The lowest BCUT2D eigenvalue weighted by atomic mass is 10.1. The Bertz CT molecular complexity index is 368. The van der Waals surface area contributed by atoms with E-state index in [9.17, 15) is 0 Å². The molecule has 2 rings (SSSR count). The molecule has 0 aliphatic heterocycles. The number of nitrogens with zero attached hydrogens (tertiary/aromatic N) is 1. The fourth-order valence-electron chi connectivity index (χ4n) is 2.35. The Hall–Kier alpha value is -0.800. The number of hydrogen-bond acceptors (Lipinski definition) is 3. The first kappa shape index (κ1) is 12.7. The fraction of sp³-hybridized carbons (Fsp3) is 0.714. The first-order valence-electron chi connectivity index (χ1n) is 6.58. The number of rotatable bonds is 6. The summed E-state index contributed by atoms with van der Waals surface area (Å²) in [5.74, 6) is 2.04. The van der Waals surface area contributed by atoms with Crippen LogP contribution in [0.4, 0.5) is 0 Å². The van der Waals surface area contributed by atoms with Crippen molar-refractivity contribution in [2.24, 2.45) is 0 Å². The number of aryl methyl sites for hydroxylation is 2. The standard InChI is InChI=1S/C14H24N2O/c1-10-9-14(12(3)17-10)11(2)15-7-8-16(4)13-5-6-13/h9,11,13,15H,5-8H2,1-4H3. The maximum absolute atomic E-state index is 5.56. The van der Waals surface area contributed by atoms with Crippen molar-refractivity contribution in [2.75, 3.05) is 20.1 Å². The minimum atomic E-state index is 0.375. The van der Waals surface area contributed by atoms with Gasteiger partial charge < -0.3 is 14.6 Å². The van der Waals surface area contributed by atoms with E-state index in [0.717, 1.165) is 30.7 Å². The van der Waals surface area contributed by atoms with Gasteiger partial charge in [0.1, 0.15) is 11.5 Å². The maximum Gasteiger partial charge on any atom is 0.105 e. The smallest absolute Gasteiger partial charge is 0.105 e. The molecular weight excluding hydrogens is 212 g/mol. The van der Waals surface area contributed by atoms with E-state index >= 15 is 0 Å².